The molecular formula is C21H26N2O. The molecule has 1 aliphatic rings. The van der Waals surface area contributed by atoms with Gasteiger partial charge >= 0.3 is 0 Å². The standard InChI is InChI=1S/C21H26N2O/c1-15-8-6-7-11-18(15)16(2)12-21(24)23-13-19(20(22)14-23)17-9-4-3-5-10-17/h3-11,16,19-20H,12-14,22H2,1-2H3/t16?,19-,20+/m0/s1. The molecule has 0 spiro atoms. The number of rotatable bonds is 4. The van der Waals surface area contributed by atoms with E-state index in [0.29, 0.717) is 13.0 Å². The summed E-state index contributed by atoms with van der Waals surface area (Å²) in [5.74, 6) is 0.675. The molecule has 3 nitrogen and oxygen atoms in total. The molecule has 2 aromatic carbocycles. The minimum atomic E-state index is 0.0186. The molecule has 1 saturated heterocycles. The van der Waals surface area contributed by atoms with Crippen molar-refractivity contribution in [1.29, 1.82) is 0 Å². The quantitative estimate of drug-likeness (QED) is 0.937. The second kappa shape index (κ2) is 7.18. The first-order valence-corrected chi connectivity index (χ1v) is 8.70. The predicted octanol–water partition coefficient (Wildman–Crippen LogP) is 3.44. The van der Waals surface area contributed by atoms with Crippen LogP contribution in [0.1, 0.15) is 41.9 Å². The lowest BCUT2D eigenvalue weighted by Gasteiger charge is -2.20. The van der Waals surface area contributed by atoms with E-state index in [4.69, 9.17) is 5.73 Å². The molecule has 3 atom stereocenters. The summed E-state index contributed by atoms with van der Waals surface area (Å²) in [7, 11) is 0. The fourth-order valence-electron chi connectivity index (χ4n) is 3.73. The number of aryl methyl sites for hydroxylation is 1. The largest absolute Gasteiger partial charge is 0.340 e. The molecule has 0 radical (unpaired) electrons. The van der Waals surface area contributed by atoms with E-state index in [1.807, 2.05) is 35.2 Å². The zero-order valence-corrected chi connectivity index (χ0v) is 14.5. The van der Waals surface area contributed by atoms with Crippen LogP contribution < -0.4 is 5.73 Å². The summed E-state index contributed by atoms with van der Waals surface area (Å²) in [6.45, 7) is 5.61. The average Bonchev–Trinajstić information content (AvgIpc) is 2.98. The minimum absolute atomic E-state index is 0.0186. The highest BCUT2D eigenvalue weighted by Crippen LogP contribution is 2.29. The van der Waals surface area contributed by atoms with Crippen LogP contribution in [0.2, 0.25) is 0 Å². The maximum Gasteiger partial charge on any atom is 0.223 e. The molecule has 0 aromatic heterocycles. The van der Waals surface area contributed by atoms with Crippen LogP contribution in [0.4, 0.5) is 0 Å². The van der Waals surface area contributed by atoms with Crippen LogP contribution in [-0.2, 0) is 4.79 Å². The van der Waals surface area contributed by atoms with Crippen molar-refractivity contribution in [3.8, 4) is 0 Å². The maximum atomic E-state index is 12.7. The van der Waals surface area contributed by atoms with Gasteiger partial charge in [-0.05, 0) is 29.5 Å². The third kappa shape index (κ3) is 3.51. The number of nitrogens with zero attached hydrogens (tertiary/aromatic N) is 1. The number of likely N-dealkylation sites (tertiary alicyclic amines) is 1. The molecule has 3 rings (SSSR count). The molecule has 1 amide bonds. The number of nitrogens with two attached hydrogens (primary N) is 1. The van der Waals surface area contributed by atoms with Crippen molar-refractivity contribution in [2.24, 2.45) is 5.73 Å². The van der Waals surface area contributed by atoms with E-state index in [9.17, 15) is 4.79 Å². The molecule has 2 aromatic rings. The summed E-state index contributed by atoms with van der Waals surface area (Å²) < 4.78 is 0. The molecule has 0 saturated carbocycles. The van der Waals surface area contributed by atoms with E-state index in [1.165, 1.54) is 16.7 Å². The summed E-state index contributed by atoms with van der Waals surface area (Å²) in [6.07, 6.45) is 0.541. The van der Waals surface area contributed by atoms with Gasteiger partial charge in [-0.3, -0.25) is 4.79 Å². The van der Waals surface area contributed by atoms with Crippen LogP contribution in [0.15, 0.2) is 54.6 Å². The van der Waals surface area contributed by atoms with Crippen molar-refractivity contribution in [2.45, 2.75) is 38.1 Å². The number of amides is 1. The van der Waals surface area contributed by atoms with Gasteiger partial charge in [0.1, 0.15) is 0 Å². The van der Waals surface area contributed by atoms with Gasteiger partial charge in [0.2, 0.25) is 5.91 Å². The van der Waals surface area contributed by atoms with Gasteiger partial charge < -0.3 is 10.6 Å². The van der Waals surface area contributed by atoms with Crippen molar-refractivity contribution in [1.82, 2.24) is 4.90 Å². The Hall–Kier alpha value is -2.13. The van der Waals surface area contributed by atoms with Gasteiger partial charge in [0.15, 0.2) is 0 Å². The van der Waals surface area contributed by atoms with E-state index in [0.717, 1.165) is 6.54 Å². The Morgan fingerprint density at radius 2 is 1.79 bits per heavy atom. The monoisotopic (exact) mass is 322 g/mol. The van der Waals surface area contributed by atoms with Crippen molar-refractivity contribution in [2.75, 3.05) is 13.1 Å². The second-order valence-corrected chi connectivity index (χ2v) is 6.94. The topological polar surface area (TPSA) is 46.3 Å². The SMILES string of the molecule is Cc1ccccc1C(C)CC(=O)N1C[C@@H](N)[C@H](c2ccccc2)C1. The minimum Gasteiger partial charge on any atom is -0.340 e. The van der Waals surface area contributed by atoms with Gasteiger partial charge in [0.25, 0.3) is 0 Å². The average molecular weight is 322 g/mol. The van der Waals surface area contributed by atoms with Crippen LogP contribution in [-0.4, -0.2) is 29.9 Å². The maximum absolute atomic E-state index is 12.7. The van der Waals surface area contributed by atoms with Gasteiger partial charge in [-0.15, -0.1) is 0 Å². The van der Waals surface area contributed by atoms with Crippen LogP contribution in [0.25, 0.3) is 0 Å². The molecule has 0 aliphatic carbocycles. The first-order valence-electron chi connectivity index (χ1n) is 8.70. The Labute approximate surface area is 144 Å². The second-order valence-electron chi connectivity index (χ2n) is 6.94. The van der Waals surface area contributed by atoms with E-state index in [-0.39, 0.29) is 23.8 Å². The summed E-state index contributed by atoms with van der Waals surface area (Å²) in [5.41, 5.74) is 10.0. The van der Waals surface area contributed by atoms with Crippen LogP contribution >= 0.6 is 0 Å². The molecule has 126 valence electrons. The fourth-order valence-corrected chi connectivity index (χ4v) is 3.73. The van der Waals surface area contributed by atoms with Gasteiger partial charge in [0, 0.05) is 31.5 Å². The number of carbonyl (C=O) groups excluding carboxylic acids is 1. The molecule has 2 N–H and O–H groups in total. The summed E-state index contributed by atoms with van der Waals surface area (Å²) in [6, 6.07) is 18.6. The van der Waals surface area contributed by atoms with Crippen molar-refractivity contribution >= 4 is 5.91 Å². The molecule has 1 heterocycles. The Kier molecular flexibility index (Phi) is 5.00. The highest BCUT2D eigenvalue weighted by atomic mass is 16.2. The van der Waals surface area contributed by atoms with Gasteiger partial charge in [-0.1, -0.05) is 61.5 Å². The first-order chi connectivity index (χ1) is 11.6. The Bertz CT molecular complexity index is 698. The van der Waals surface area contributed by atoms with E-state index in [2.05, 4.69) is 38.1 Å². The van der Waals surface area contributed by atoms with Crippen LogP contribution in [0, 0.1) is 6.92 Å². The lowest BCUT2D eigenvalue weighted by atomic mass is 9.93. The first kappa shape index (κ1) is 16.7. The smallest absolute Gasteiger partial charge is 0.223 e. The number of carbonyl (C=O) groups is 1. The van der Waals surface area contributed by atoms with Crippen LogP contribution in [0.5, 0.6) is 0 Å². The Balaban J connectivity index is 1.65. The fraction of sp³-hybridized carbons (Fsp3) is 0.381. The van der Waals surface area contributed by atoms with E-state index in [1.54, 1.807) is 0 Å². The molecule has 0 bridgehead atoms. The van der Waals surface area contributed by atoms with E-state index >= 15 is 0 Å². The lowest BCUT2D eigenvalue weighted by molar-refractivity contribution is -0.130. The number of hydrogen-bond donors (Lipinski definition) is 1. The zero-order chi connectivity index (χ0) is 17.1. The predicted molar refractivity (Wildman–Crippen MR) is 97.9 cm³/mol. The third-order valence-corrected chi connectivity index (χ3v) is 5.15. The van der Waals surface area contributed by atoms with Gasteiger partial charge in [-0.2, -0.15) is 0 Å². The van der Waals surface area contributed by atoms with Crippen molar-refractivity contribution in [3.63, 3.8) is 0 Å². The van der Waals surface area contributed by atoms with Gasteiger partial charge in [0.05, 0.1) is 0 Å². The molecule has 3 heteroatoms. The van der Waals surface area contributed by atoms with Gasteiger partial charge in [-0.25, -0.2) is 0 Å². The summed E-state index contributed by atoms with van der Waals surface area (Å²) >= 11 is 0. The zero-order valence-electron chi connectivity index (χ0n) is 14.5. The summed E-state index contributed by atoms with van der Waals surface area (Å²) in [4.78, 5) is 14.7. The molecule has 24 heavy (non-hydrogen) atoms. The number of hydrogen-bond acceptors (Lipinski definition) is 2. The normalized spacial score (nSPS) is 21.7. The highest BCUT2D eigenvalue weighted by Gasteiger charge is 2.34. The lowest BCUT2D eigenvalue weighted by Crippen LogP contribution is -2.32. The van der Waals surface area contributed by atoms with Crippen LogP contribution in [0.3, 0.4) is 0 Å². The Morgan fingerprint density at radius 3 is 2.50 bits per heavy atom. The Morgan fingerprint density at radius 1 is 1.12 bits per heavy atom. The van der Waals surface area contributed by atoms with Crippen molar-refractivity contribution < 1.29 is 4.79 Å². The van der Waals surface area contributed by atoms with Crippen molar-refractivity contribution in [3.05, 3.63) is 71.3 Å². The highest BCUT2D eigenvalue weighted by molar-refractivity contribution is 5.77. The number of benzene rings is 2. The molecular weight excluding hydrogens is 296 g/mol. The van der Waals surface area contributed by atoms with E-state index < -0.39 is 0 Å². The third-order valence-electron chi connectivity index (χ3n) is 5.15. The molecule has 1 aliphatic heterocycles. The molecule has 1 unspecified atom stereocenters. The molecule has 1 fully saturated rings. The summed E-state index contributed by atoms with van der Waals surface area (Å²) in [5, 5.41) is 0.